The molecule has 0 aliphatic carbocycles. The van der Waals surface area contributed by atoms with Gasteiger partial charge in [-0.15, -0.1) is 10.2 Å². The molecule has 0 spiro atoms. The number of carbonyl (C=O) groups excluding carboxylic acids is 1. The Hall–Kier alpha value is -1.53. The lowest BCUT2D eigenvalue weighted by molar-refractivity contribution is -0.151. The lowest BCUT2D eigenvalue weighted by atomic mass is 10.2. The van der Waals surface area contributed by atoms with E-state index in [-0.39, 0.29) is 11.7 Å². The van der Waals surface area contributed by atoms with Gasteiger partial charge in [0.05, 0.1) is 11.4 Å². The van der Waals surface area contributed by atoms with Gasteiger partial charge in [0.1, 0.15) is 11.9 Å². The normalized spacial score (nSPS) is 11.5. The maximum atomic E-state index is 11.8. The summed E-state index contributed by atoms with van der Waals surface area (Å²) < 4.78 is 7.07. The van der Waals surface area contributed by atoms with Crippen molar-refractivity contribution < 1.29 is 9.53 Å². The molecule has 0 amide bonds. The van der Waals surface area contributed by atoms with Crippen LogP contribution in [0.3, 0.4) is 0 Å². The van der Waals surface area contributed by atoms with E-state index in [0.29, 0.717) is 10.2 Å². The second-order valence-corrected chi connectivity index (χ2v) is 7.14. The Kier molecular flexibility index (Phi) is 5.13. The number of aromatic nitrogens is 3. The van der Waals surface area contributed by atoms with Crippen molar-refractivity contribution in [3.05, 3.63) is 35.1 Å². The second-order valence-electron chi connectivity index (χ2n) is 5.79. The van der Waals surface area contributed by atoms with E-state index in [1.165, 1.54) is 11.8 Å². The number of ether oxygens (including phenoxy) is 1. The number of rotatable bonds is 4. The highest BCUT2D eigenvalue weighted by molar-refractivity contribution is 7.99. The zero-order chi connectivity index (χ0) is 16.3. The van der Waals surface area contributed by atoms with Crippen LogP contribution < -0.4 is 0 Å². The van der Waals surface area contributed by atoms with Crippen LogP contribution in [-0.2, 0) is 9.53 Å². The van der Waals surface area contributed by atoms with Crippen LogP contribution in [0.4, 0.5) is 0 Å². The Labute approximate surface area is 139 Å². The third kappa shape index (κ3) is 4.48. The maximum Gasteiger partial charge on any atom is 0.316 e. The smallest absolute Gasteiger partial charge is 0.316 e. The van der Waals surface area contributed by atoms with Crippen LogP contribution in [0.2, 0.25) is 5.02 Å². The highest BCUT2D eigenvalue weighted by Crippen LogP contribution is 2.24. The van der Waals surface area contributed by atoms with Gasteiger partial charge in [-0.2, -0.15) is 0 Å². The van der Waals surface area contributed by atoms with E-state index in [1.54, 1.807) is 10.9 Å². The molecule has 0 saturated heterocycles. The highest BCUT2D eigenvalue weighted by atomic mass is 35.5. The van der Waals surface area contributed by atoms with Gasteiger partial charge in [0.25, 0.3) is 0 Å². The lowest BCUT2D eigenvalue weighted by Crippen LogP contribution is -2.25. The zero-order valence-corrected chi connectivity index (χ0v) is 14.5. The third-order valence-electron chi connectivity index (χ3n) is 2.69. The van der Waals surface area contributed by atoms with E-state index in [9.17, 15) is 4.79 Å². The molecule has 0 aliphatic heterocycles. The molecule has 0 aliphatic rings. The van der Waals surface area contributed by atoms with Gasteiger partial charge in [-0.1, -0.05) is 29.4 Å². The summed E-state index contributed by atoms with van der Waals surface area (Å²) in [5, 5.41) is 9.23. The van der Waals surface area contributed by atoms with Gasteiger partial charge in [-0.3, -0.25) is 9.36 Å². The van der Waals surface area contributed by atoms with E-state index in [1.807, 2.05) is 45.9 Å². The van der Waals surface area contributed by atoms with Crippen molar-refractivity contribution in [2.75, 3.05) is 5.75 Å². The van der Waals surface area contributed by atoms with Crippen molar-refractivity contribution in [2.24, 2.45) is 0 Å². The molecule has 7 heteroatoms. The summed E-state index contributed by atoms with van der Waals surface area (Å²) in [6.07, 6.45) is 1.60. The molecule has 5 nitrogen and oxygen atoms in total. The Morgan fingerprint density at radius 3 is 2.77 bits per heavy atom. The topological polar surface area (TPSA) is 57.0 Å². The molecule has 118 valence electrons. The van der Waals surface area contributed by atoms with E-state index >= 15 is 0 Å². The number of esters is 1. The molecule has 0 saturated carbocycles. The SMILES string of the molecule is Cc1ccc(-n2cnnc2SCC(=O)OC(C)(C)C)cc1Cl. The van der Waals surface area contributed by atoms with Gasteiger partial charge in [0.2, 0.25) is 0 Å². The van der Waals surface area contributed by atoms with E-state index in [0.717, 1.165) is 11.3 Å². The number of hydrogen-bond acceptors (Lipinski definition) is 5. The maximum absolute atomic E-state index is 11.8. The van der Waals surface area contributed by atoms with Crippen LogP contribution >= 0.6 is 23.4 Å². The molecule has 0 N–H and O–H groups in total. The van der Waals surface area contributed by atoms with Crippen LogP contribution in [0.25, 0.3) is 5.69 Å². The average molecular weight is 340 g/mol. The fraction of sp³-hybridized carbons (Fsp3) is 0.400. The molecular weight excluding hydrogens is 322 g/mol. The minimum absolute atomic E-state index is 0.176. The van der Waals surface area contributed by atoms with Crippen LogP contribution in [0, 0.1) is 6.92 Å². The number of nitrogens with zero attached hydrogens (tertiary/aromatic N) is 3. The Morgan fingerprint density at radius 1 is 1.41 bits per heavy atom. The van der Waals surface area contributed by atoms with Crippen LogP contribution in [0.1, 0.15) is 26.3 Å². The van der Waals surface area contributed by atoms with Gasteiger partial charge in [-0.25, -0.2) is 0 Å². The summed E-state index contributed by atoms with van der Waals surface area (Å²) in [5.41, 5.74) is 1.37. The lowest BCUT2D eigenvalue weighted by Gasteiger charge is -2.19. The molecule has 1 heterocycles. The molecule has 2 aromatic rings. The predicted octanol–water partition coefficient (Wildman–Crippen LogP) is 3.66. The van der Waals surface area contributed by atoms with Gasteiger partial charge < -0.3 is 4.74 Å². The fourth-order valence-corrected chi connectivity index (χ4v) is 2.60. The first-order valence-corrected chi connectivity index (χ1v) is 8.14. The minimum Gasteiger partial charge on any atom is -0.459 e. The fourth-order valence-electron chi connectivity index (χ4n) is 1.73. The van der Waals surface area contributed by atoms with Crippen molar-refractivity contribution in [3.8, 4) is 5.69 Å². The Bertz CT molecular complexity index is 680. The number of benzene rings is 1. The van der Waals surface area contributed by atoms with E-state index in [2.05, 4.69) is 10.2 Å². The van der Waals surface area contributed by atoms with E-state index in [4.69, 9.17) is 16.3 Å². The van der Waals surface area contributed by atoms with Gasteiger partial charge in [0.15, 0.2) is 5.16 Å². The molecular formula is C15H18ClN3O2S. The molecule has 22 heavy (non-hydrogen) atoms. The van der Waals surface area contributed by atoms with Crippen molar-refractivity contribution in [1.29, 1.82) is 0 Å². The quantitative estimate of drug-likeness (QED) is 0.628. The van der Waals surface area contributed by atoms with Crippen molar-refractivity contribution >= 4 is 29.3 Å². The number of carbonyl (C=O) groups is 1. The summed E-state index contributed by atoms with van der Waals surface area (Å²) in [7, 11) is 0. The van der Waals surface area contributed by atoms with Gasteiger partial charge >= 0.3 is 5.97 Å². The molecule has 0 atom stereocenters. The van der Waals surface area contributed by atoms with Crippen LogP contribution in [-0.4, -0.2) is 32.1 Å². The Morgan fingerprint density at radius 2 is 2.14 bits per heavy atom. The molecule has 1 aromatic heterocycles. The molecule has 0 fully saturated rings. The van der Waals surface area contributed by atoms with Crippen LogP contribution in [0.15, 0.2) is 29.7 Å². The van der Waals surface area contributed by atoms with Crippen molar-refractivity contribution in [1.82, 2.24) is 14.8 Å². The monoisotopic (exact) mass is 339 g/mol. The summed E-state index contributed by atoms with van der Waals surface area (Å²) in [6, 6.07) is 5.71. The minimum atomic E-state index is -0.490. The number of halogens is 1. The predicted molar refractivity (Wildman–Crippen MR) is 87.7 cm³/mol. The first-order chi connectivity index (χ1) is 10.3. The van der Waals surface area contributed by atoms with Crippen LogP contribution in [0.5, 0.6) is 0 Å². The summed E-state index contributed by atoms with van der Waals surface area (Å²) in [4.78, 5) is 11.8. The first kappa shape index (κ1) is 16.8. The van der Waals surface area contributed by atoms with E-state index < -0.39 is 5.60 Å². The Balaban J connectivity index is 2.10. The largest absolute Gasteiger partial charge is 0.459 e. The molecule has 0 radical (unpaired) electrons. The van der Waals surface area contributed by atoms with Crippen molar-refractivity contribution in [3.63, 3.8) is 0 Å². The number of hydrogen-bond donors (Lipinski definition) is 0. The molecule has 2 rings (SSSR count). The summed E-state index contributed by atoms with van der Waals surface area (Å²) >= 11 is 7.43. The standard InChI is InChI=1S/C15H18ClN3O2S/c1-10-5-6-11(7-12(10)16)19-9-17-18-14(19)22-8-13(20)21-15(2,3)4/h5-7,9H,8H2,1-4H3. The average Bonchev–Trinajstić information content (AvgIpc) is 2.86. The summed E-state index contributed by atoms with van der Waals surface area (Å²) in [6.45, 7) is 7.46. The van der Waals surface area contributed by atoms with Gasteiger partial charge in [0, 0.05) is 5.02 Å². The summed E-state index contributed by atoms with van der Waals surface area (Å²) in [5.74, 6) is -0.107. The number of thioether (sulfide) groups is 1. The highest BCUT2D eigenvalue weighted by Gasteiger charge is 2.17. The molecule has 0 bridgehead atoms. The van der Waals surface area contributed by atoms with Crippen molar-refractivity contribution in [2.45, 2.75) is 38.5 Å². The van der Waals surface area contributed by atoms with Gasteiger partial charge in [-0.05, 0) is 45.4 Å². The zero-order valence-electron chi connectivity index (χ0n) is 13.0. The molecule has 0 unspecified atom stereocenters. The molecule has 1 aromatic carbocycles. The third-order valence-corrected chi connectivity index (χ3v) is 4.01. The number of aryl methyl sites for hydroxylation is 1. The second kappa shape index (κ2) is 6.71. The first-order valence-electron chi connectivity index (χ1n) is 6.77.